The molecule has 4 saturated carbocycles. The normalized spacial score (nSPS) is 47.8. The number of ether oxygens (including phenoxy) is 2. The fraction of sp³-hybridized carbons (Fsp3) is 0.947. The van der Waals surface area contributed by atoms with Gasteiger partial charge in [-0.2, -0.15) is 0 Å². The van der Waals surface area contributed by atoms with Gasteiger partial charge in [-0.1, -0.05) is 34.1 Å². The summed E-state index contributed by atoms with van der Waals surface area (Å²) in [6.07, 6.45) is 17.3. The van der Waals surface area contributed by atoms with E-state index in [4.69, 9.17) is 9.47 Å². The predicted octanol–water partition coefficient (Wildman–Crippen LogP) is 6.30. The average Bonchev–Trinajstić information content (AvgIpc) is 3.47. The van der Waals surface area contributed by atoms with Crippen LogP contribution in [0.4, 0.5) is 0 Å². The van der Waals surface area contributed by atoms with Crippen molar-refractivity contribution >= 4 is 11.8 Å². The minimum atomic E-state index is -0.327. The van der Waals surface area contributed by atoms with Crippen molar-refractivity contribution in [1.82, 2.24) is 15.5 Å². The lowest BCUT2D eigenvalue weighted by Crippen LogP contribution is -2.56. The van der Waals surface area contributed by atoms with E-state index >= 15 is 0 Å². The Morgan fingerprint density at radius 1 is 0.867 bits per heavy atom. The zero-order chi connectivity index (χ0) is 31.4. The zero-order valence-corrected chi connectivity index (χ0v) is 28.9. The molecule has 45 heavy (non-hydrogen) atoms. The summed E-state index contributed by atoms with van der Waals surface area (Å²) in [7, 11) is 0. The number of fused-ring (bicyclic) bond motifs is 7. The van der Waals surface area contributed by atoms with Gasteiger partial charge < -0.3 is 25.0 Å². The Kier molecular flexibility index (Phi) is 9.13. The van der Waals surface area contributed by atoms with Crippen molar-refractivity contribution in [3.63, 3.8) is 0 Å². The average molecular weight is 626 g/mol. The lowest BCUT2D eigenvalue weighted by molar-refractivity contribution is -0.273. The summed E-state index contributed by atoms with van der Waals surface area (Å²) >= 11 is 0. The van der Waals surface area contributed by atoms with E-state index < -0.39 is 0 Å². The first-order valence-corrected chi connectivity index (χ1v) is 19.2. The molecule has 7 heteroatoms. The summed E-state index contributed by atoms with van der Waals surface area (Å²) in [5.74, 6) is 4.23. The van der Waals surface area contributed by atoms with Crippen LogP contribution in [0.5, 0.6) is 0 Å². The summed E-state index contributed by atoms with van der Waals surface area (Å²) in [5, 5.41) is 6.27. The van der Waals surface area contributed by atoms with E-state index in [1.807, 2.05) is 0 Å². The molecule has 7 nitrogen and oxygen atoms in total. The minimum Gasteiger partial charge on any atom is -0.356 e. The highest BCUT2D eigenvalue weighted by molar-refractivity contribution is 5.96. The van der Waals surface area contributed by atoms with Crippen molar-refractivity contribution in [2.24, 2.45) is 52.3 Å². The van der Waals surface area contributed by atoms with E-state index in [9.17, 15) is 9.59 Å². The van der Waals surface area contributed by atoms with Crippen LogP contribution in [0, 0.1) is 52.3 Å². The summed E-state index contributed by atoms with van der Waals surface area (Å²) < 4.78 is 13.5. The molecule has 0 radical (unpaired) electrons. The number of nitrogens with zero attached hydrogens (tertiary/aromatic N) is 1. The van der Waals surface area contributed by atoms with E-state index in [1.165, 1.54) is 77.3 Å². The summed E-state index contributed by atoms with van der Waals surface area (Å²) in [6.45, 7) is 14.9. The van der Waals surface area contributed by atoms with Gasteiger partial charge in [0.05, 0.1) is 12.7 Å². The third-order valence-corrected chi connectivity index (χ3v) is 15.0. The van der Waals surface area contributed by atoms with Gasteiger partial charge in [0.25, 0.3) is 0 Å². The molecule has 7 aliphatic rings. The maximum atomic E-state index is 12.9. The second-order valence-corrected chi connectivity index (χ2v) is 17.5. The second kappa shape index (κ2) is 12.7. The first-order chi connectivity index (χ1) is 21.6. The van der Waals surface area contributed by atoms with Crippen LogP contribution in [0.25, 0.3) is 0 Å². The first-order valence-electron chi connectivity index (χ1n) is 19.2. The SMILES string of the molecule is C[C@@H]1CC[C@@]2(OC1)O[C@H]1C[C@H]3[C@@H]4CC[C@@H]5C[C@@H](NC(=O)CC(=O)NCCCN6CCCCC6)CC[C@]5(C)[C@H]4CC[C@]3(C)[C@H]1[C@@H]2C. The standard InChI is InChI=1S/C38H63N3O4/c1-25-11-16-38(44-24-25)26(2)35-32(45-38)22-31-29-10-9-27-21-28(12-14-36(27,3)30(29)13-15-37(31,35)4)40-34(43)23-33(42)39-17-8-20-41-18-6-5-7-19-41/h25-32,35H,5-24H2,1-4H3,(H,39,42)(H,40,43)/t25-,26+,27-,28+,29-,30+,31+,32+,35+,36+,37+,38-/m1/s1. The van der Waals surface area contributed by atoms with Crippen molar-refractivity contribution in [3.05, 3.63) is 0 Å². The van der Waals surface area contributed by atoms with Crippen molar-refractivity contribution in [1.29, 1.82) is 0 Å². The van der Waals surface area contributed by atoms with E-state index in [0.717, 1.165) is 56.6 Å². The lowest BCUT2D eigenvalue weighted by atomic mass is 9.44. The molecular formula is C38H63N3O4. The Balaban J connectivity index is 0.898. The van der Waals surface area contributed by atoms with Crippen LogP contribution < -0.4 is 10.6 Å². The van der Waals surface area contributed by atoms with Gasteiger partial charge in [0.2, 0.25) is 11.8 Å². The first kappa shape index (κ1) is 32.4. The third-order valence-electron chi connectivity index (χ3n) is 15.0. The number of hydrogen-bond acceptors (Lipinski definition) is 5. The minimum absolute atomic E-state index is 0.0404. The van der Waals surface area contributed by atoms with Crippen LogP contribution in [0.15, 0.2) is 0 Å². The number of carbonyl (C=O) groups is 2. The summed E-state index contributed by atoms with van der Waals surface area (Å²) in [4.78, 5) is 27.9. The highest BCUT2D eigenvalue weighted by atomic mass is 16.7. The van der Waals surface area contributed by atoms with Gasteiger partial charge in [-0.25, -0.2) is 0 Å². The fourth-order valence-electron chi connectivity index (χ4n) is 12.6. The lowest BCUT2D eigenvalue weighted by Gasteiger charge is -2.61. The molecule has 254 valence electrons. The molecule has 1 spiro atoms. The predicted molar refractivity (Wildman–Crippen MR) is 176 cm³/mol. The van der Waals surface area contributed by atoms with Crippen molar-refractivity contribution in [2.75, 3.05) is 32.8 Å². The highest BCUT2D eigenvalue weighted by Crippen LogP contribution is 2.71. The zero-order valence-electron chi connectivity index (χ0n) is 28.9. The number of likely N-dealkylation sites (tertiary alicyclic amines) is 1. The van der Waals surface area contributed by atoms with Gasteiger partial charge in [0.15, 0.2) is 5.79 Å². The molecule has 0 aromatic heterocycles. The van der Waals surface area contributed by atoms with Gasteiger partial charge in [-0.05, 0) is 143 Å². The maximum absolute atomic E-state index is 12.9. The third kappa shape index (κ3) is 5.92. The van der Waals surface area contributed by atoms with Crippen LogP contribution >= 0.6 is 0 Å². The number of nitrogens with one attached hydrogen (secondary N) is 2. The molecule has 3 aliphatic heterocycles. The van der Waals surface area contributed by atoms with Crippen molar-refractivity contribution in [2.45, 2.75) is 142 Å². The molecule has 0 unspecified atom stereocenters. The van der Waals surface area contributed by atoms with Crippen LogP contribution in [0.2, 0.25) is 0 Å². The quantitative estimate of drug-likeness (QED) is 0.257. The van der Waals surface area contributed by atoms with Gasteiger partial charge in [-0.15, -0.1) is 0 Å². The summed E-state index contributed by atoms with van der Waals surface area (Å²) in [6, 6.07) is 0.211. The van der Waals surface area contributed by atoms with Crippen LogP contribution in [0.3, 0.4) is 0 Å². The Labute approximate surface area is 273 Å². The van der Waals surface area contributed by atoms with Crippen LogP contribution in [-0.2, 0) is 19.1 Å². The van der Waals surface area contributed by atoms with E-state index in [-0.39, 0.29) is 30.1 Å². The van der Waals surface area contributed by atoms with Crippen LogP contribution in [0.1, 0.15) is 124 Å². The number of rotatable bonds is 7. The Bertz CT molecular complexity index is 1080. The molecule has 0 aromatic carbocycles. The number of hydrogen-bond donors (Lipinski definition) is 2. The smallest absolute Gasteiger partial charge is 0.229 e. The number of piperidine rings is 1. The number of carbonyl (C=O) groups excluding carboxylic acids is 2. The topological polar surface area (TPSA) is 79.9 Å². The largest absolute Gasteiger partial charge is 0.356 e. The fourth-order valence-corrected chi connectivity index (χ4v) is 12.6. The maximum Gasteiger partial charge on any atom is 0.229 e. The molecule has 0 aromatic rings. The molecule has 2 N–H and O–H groups in total. The van der Waals surface area contributed by atoms with Crippen LogP contribution in [-0.4, -0.2) is 67.4 Å². The highest BCUT2D eigenvalue weighted by Gasteiger charge is 2.69. The van der Waals surface area contributed by atoms with Gasteiger partial charge in [-0.3, -0.25) is 9.59 Å². The Morgan fingerprint density at radius 3 is 2.44 bits per heavy atom. The molecular weight excluding hydrogens is 562 g/mol. The van der Waals surface area contributed by atoms with E-state index in [0.29, 0.717) is 47.2 Å². The molecule has 2 amide bonds. The molecule has 0 bridgehead atoms. The Morgan fingerprint density at radius 2 is 1.67 bits per heavy atom. The molecule has 7 fully saturated rings. The van der Waals surface area contributed by atoms with Gasteiger partial charge >= 0.3 is 0 Å². The van der Waals surface area contributed by atoms with Crippen molar-refractivity contribution < 1.29 is 19.1 Å². The molecule has 12 atom stereocenters. The second-order valence-electron chi connectivity index (χ2n) is 17.5. The number of amides is 2. The molecule has 7 rings (SSSR count). The molecule has 4 aliphatic carbocycles. The van der Waals surface area contributed by atoms with Gasteiger partial charge in [0.1, 0.15) is 6.42 Å². The molecule has 3 heterocycles. The monoisotopic (exact) mass is 625 g/mol. The van der Waals surface area contributed by atoms with Gasteiger partial charge in [0, 0.05) is 24.9 Å². The summed E-state index contributed by atoms with van der Waals surface area (Å²) in [5.41, 5.74) is 0.731. The Hall–Kier alpha value is -1.18. The van der Waals surface area contributed by atoms with E-state index in [2.05, 4.69) is 43.2 Å². The molecule has 3 saturated heterocycles. The van der Waals surface area contributed by atoms with Crippen molar-refractivity contribution in [3.8, 4) is 0 Å². The van der Waals surface area contributed by atoms with E-state index in [1.54, 1.807) is 0 Å².